The first kappa shape index (κ1) is 22.4. The summed E-state index contributed by atoms with van der Waals surface area (Å²) in [6, 6.07) is 0. The molecule has 6 N–H and O–H groups in total. The second kappa shape index (κ2) is 9.67. The highest BCUT2D eigenvalue weighted by Gasteiger charge is 2.19. The van der Waals surface area contributed by atoms with Crippen molar-refractivity contribution in [3.05, 3.63) is 0 Å². The topological polar surface area (TPSA) is 173 Å². The molecule has 0 saturated heterocycles. The average Bonchev–Trinajstić information content (AvgIpc) is 2.23. The Kier molecular flexibility index (Phi) is 9.87. The lowest BCUT2D eigenvalue weighted by Crippen LogP contribution is -2.05. The van der Waals surface area contributed by atoms with Crippen LogP contribution >= 0.6 is 22.8 Å². The highest BCUT2D eigenvalue weighted by atomic mass is 31.2. The molecule has 0 aliphatic rings. The lowest BCUT2D eigenvalue weighted by atomic mass is 9.94. The van der Waals surface area contributed by atoms with E-state index in [0.717, 1.165) is 0 Å². The molecular formula is C10H25O9P3. The van der Waals surface area contributed by atoms with Gasteiger partial charge in [-0.1, -0.05) is 0 Å². The van der Waals surface area contributed by atoms with Crippen molar-refractivity contribution in [3.63, 3.8) is 0 Å². The highest BCUT2D eigenvalue weighted by Crippen LogP contribution is 2.40. The van der Waals surface area contributed by atoms with E-state index >= 15 is 0 Å². The van der Waals surface area contributed by atoms with Gasteiger partial charge in [-0.15, -0.1) is 0 Å². The zero-order chi connectivity index (χ0) is 17.4. The number of hydrogen-bond donors (Lipinski definition) is 6. The van der Waals surface area contributed by atoms with E-state index in [-0.39, 0.29) is 43.7 Å². The summed E-state index contributed by atoms with van der Waals surface area (Å²) in [5.74, 6) is -0.0651. The first-order valence-corrected chi connectivity index (χ1v) is 12.3. The molecule has 9 nitrogen and oxygen atoms in total. The molecule has 0 saturated carbocycles. The molecule has 0 aromatic heterocycles. The lowest BCUT2D eigenvalue weighted by molar-refractivity contribution is 0.352. The van der Waals surface area contributed by atoms with Crippen LogP contribution in [0, 0.1) is 5.92 Å². The minimum absolute atomic E-state index is 0.0651. The van der Waals surface area contributed by atoms with E-state index in [4.69, 9.17) is 29.4 Å². The molecule has 0 bridgehead atoms. The summed E-state index contributed by atoms with van der Waals surface area (Å²) in [6.45, 7) is 0. The second-order valence-electron chi connectivity index (χ2n) is 5.46. The van der Waals surface area contributed by atoms with E-state index in [2.05, 4.69) is 0 Å². The summed E-state index contributed by atoms with van der Waals surface area (Å²) in [4.78, 5) is 52.8. The van der Waals surface area contributed by atoms with Gasteiger partial charge in [-0.25, -0.2) is 0 Å². The molecule has 0 aromatic rings. The Morgan fingerprint density at radius 1 is 0.545 bits per heavy atom. The maximum Gasteiger partial charge on any atom is 0.325 e. The van der Waals surface area contributed by atoms with Gasteiger partial charge in [0.15, 0.2) is 0 Å². The van der Waals surface area contributed by atoms with Gasteiger partial charge in [0.05, 0.1) is 0 Å². The maximum atomic E-state index is 10.8. The quantitative estimate of drug-likeness (QED) is 0.273. The third kappa shape index (κ3) is 16.8. The van der Waals surface area contributed by atoms with Crippen LogP contribution in [0.25, 0.3) is 0 Å². The van der Waals surface area contributed by atoms with E-state index in [1.165, 1.54) is 0 Å². The summed E-state index contributed by atoms with van der Waals surface area (Å²) in [6.07, 6.45) is 1.36. The van der Waals surface area contributed by atoms with Gasteiger partial charge in [0.1, 0.15) is 0 Å². The van der Waals surface area contributed by atoms with Crippen LogP contribution in [0.3, 0.4) is 0 Å². The molecule has 0 aliphatic heterocycles. The van der Waals surface area contributed by atoms with Crippen molar-refractivity contribution in [1.29, 1.82) is 0 Å². The standard InChI is InChI=1S/C10H25O9P3/c11-20(12,13)7-1-4-10(5-2-8-21(14,15)16)6-3-9-22(17,18)19/h10H,1-9H2,(H2,11,12,13)(H2,14,15,16)(H2,17,18,19). The molecule has 0 aliphatic carbocycles. The zero-order valence-electron chi connectivity index (χ0n) is 12.2. The van der Waals surface area contributed by atoms with Gasteiger partial charge in [-0.3, -0.25) is 13.7 Å². The molecule has 0 rings (SSSR count). The van der Waals surface area contributed by atoms with E-state index in [0.29, 0.717) is 19.3 Å². The van der Waals surface area contributed by atoms with Crippen LogP contribution in [0.5, 0.6) is 0 Å². The predicted octanol–water partition coefficient (Wildman–Crippen LogP) is 1.48. The van der Waals surface area contributed by atoms with Crippen molar-refractivity contribution < 1.29 is 43.1 Å². The Labute approximate surface area is 129 Å². The molecule has 0 spiro atoms. The summed E-state index contributed by atoms with van der Waals surface area (Å²) in [5, 5.41) is 0. The van der Waals surface area contributed by atoms with Gasteiger partial charge in [0.25, 0.3) is 0 Å². The van der Waals surface area contributed by atoms with Gasteiger partial charge in [-0.05, 0) is 44.4 Å². The molecule has 12 heteroatoms. The minimum Gasteiger partial charge on any atom is -0.324 e. The smallest absolute Gasteiger partial charge is 0.324 e. The van der Waals surface area contributed by atoms with Gasteiger partial charge in [0, 0.05) is 18.5 Å². The highest BCUT2D eigenvalue weighted by molar-refractivity contribution is 7.52. The van der Waals surface area contributed by atoms with E-state index in [1.807, 2.05) is 0 Å². The van der Waals surface area contributed by atoms with Crippen molar-refractivity contribution in [1.82, 2.24) is 0 Å². The van der Waals surface area contributed by atoms with E-state index in [1.54, 1.807) is 0 Å². The molecule has 0 atom stereocenters. The van der Waals surface area contributed by atoms with E-state index < -0.39 is 22.8 Å². The van der Waals surface area contributed by atoms with Crippen LogP contribution in [-0.2, 0) is 13.7 Å². The molecule has 0 fully saturated rings. The van der Waals surface area contributed by atoms with Crippen molar-refractivity contribution >= 4 is 22.8 Å². The fourth-order valence-electron chi connectivity index (χ4n) is 2.19. The van der Waals surface area contributed by atoms with Gasteiger partial charge in [0.2, 0.25) is 0 Å². The molecule has 22 heavy (non-hydrogen) atoms. The van der Waals surface area contributed by atoms with Gasteiger partial charge in [-0.2, -0.15) is 0 Å². The molecular weight excluding hydrogens is 357 g/mol. The normalized spacial score (nSPS) is 13.8. The minimum atomic E-state index is -4.08. The van der Waals surface area contributed by atoms with E-state index in [9.17, 15) is 13.7 Å². The van der Waals surface area contributed by atoms with Crippen LogP contribution in [0.4, 0.5) is 0 Å². The maximum absolute atomic E-state index is 10.8. The van der Waals surface area contributed by atoms with Gasteiger partial charge < -0.3 is 29.4 Å². The van der Waals surface area contributed by atoms with Crippen LogP contribution in [0.1, 0.15) is 38.5 Å². The van der Waals surface area contributed by atoms with Crippen LogP contribution in [-0.4, -0.2) is 47.8 Å². The summed E-state index contributed by atoms with van der Waals surface area (Å²) in [7, 11) is -12.2. The Hall–Kier alpha value is 0.450. The Morgan fingerprint density at radius 3 is 0.955 bits per heavy atom. The third-order valence-electron chi connectivity index (χ3n) is 3.19. The fourth-order valence-corrected chi connectivity index (χ4v) is 3.97. The summed E-state index contributed by atoms with van der Waals surface area (Å²) >= 11 is 0. The lowest BCUT2D eigenvalue weighted by Gasteiger charge is -2.17. The SMILES string of the molecule is O=P(O)(O)CCCC(CCCP(=O)(O)O)CCCP(=O)(O)O. The largest absolute Gasteiger partial charge is 0.325 e. The van der Waals surface area contributed by atoms with Crippen LogP contribution in [0.15, 0.2) is 0 Å². The van der Waals surface area contributed by atoms with Crippen molar-refractivity contribution in [2.24, 2.45) is 5.92 Å². The Bertz CT molecular complexity index is 382. The number of hydrogen-bond acceptors (Lipinski definition) is 3. The monoisotopic (exact) mass is 382 g/mol. The Morgan fingerprint density at radius 2 is 0.773 bits per heavy atom. The first-order valence-electron chi connectivity index (χ1n) is 6.92. The van der Waals surface area contributed by atoms with Crippen molar-refractivity contribution in [3.8, 4) is 0 Å². The molecule has 0 radical (unpaired) electrons. The molecule has 0 unspecified atom stereocenters. The molecule has 0 amide bonds. The molecule has 0 aromatic carbocycles. The predicted molar refractivity (Wildman–Crippen MR) is 81.9 cm³/mol. The van der Waals surface area contributed by atoms with Crippen molar-refractivity contribution in [2.75, 3.05) is 18.5 Å². The van der Waals surface area contributed by atoms with Crippen LogP contribution in [0.2, 0.25) is 0 Å². The molecule has 0 heterocycles. The number of rotatable bonds is 12. The first-order chi connectivity index (χ1) is 9.79. The summed E-state index contributed by atoms with van der Waals surface area (Å²) < 4.78 is 32.4. The Balaban J connectivity index is 4.27. The third-order valence-corrected chi connectivity index (χ3v) is 5.88. The van der Waals surface area contributed by atoms with Gasteiger partial charge >= 0.3 is 22.8 Å². The average molecular weight is 382 g/mol. The fraction of sp³-hybridized carbons (Fsp3) is 1.00. The second-order valence-corrected chi connectivity index (χ2v) is 10.8. The zero-order valence-corrected chi connectivity index (χ0v) is 14.9. The van der Waals surface area contributed by atoms with Crippen molar-refractivity contribution in [2.45, 2.75) is 38.5 Å². The molecule has 134 valence electrons. The summed E-state index contributed by atoms with van der Waals surface area (Å²) in [5.41, 5.74) is 0. The van der Waals surface area contributed by atoms with Crippen LogP contribution < -0.4 is 0 Å².